The Morgan fingerprint density at radius 3 is 2.72 bits per heavy atom. The van der Waals surface area contributed by atoms with Crippen molar-refractivity contribution in [2.75, 3.05) is 19.0 Å². The first kappa shape index (κ1) is 21.9. The van der Waals surface area contributed by atoms with Crippen molar-refractivity contribution in [3.8, 4) is 11.4 Å². The van der Waals surface area contributed by atoms with Crippen LogP contribution in [0.15, 0.2) is 60.9 Å². The van der Waals surface area contributed by atoms with Crippen molar-refractivity contribution in [1.82, 2.24) is 19.9 Å². The van der Waals surface area contributed by atoms with Gasteiger partial charge in [-0.25, -0.2) is 9.97 Å². The zero-order valence-corrected chi connectivity index (χ0v) is 18.5. The first-order valence-corrected chi connectivity index (χ1v) is 10.9. The first-order chi connectivity index (χ1) is 15.6. The van der Waals surface area contributed by atoms with Gasteiger partial charge in [0.05, 0.1) is 17.5 Å². The summed E-state index contributed by atoms with van der Waals surface area (Å²) in [5.41, 5.74) is 4.26. The predicted molar refractivity (Wildman–Crippen MR) is 127 cm³/mol. The van der Waals surface area contributed by atoms with Gasteiger partial charge in [-0.1, -0.05) is 13.0 Å². The fourth-order valence-electron chi connectivity index (χ4n) is 3.68. The molecule has 0 bridgehead atoms. The highest BCUT2D eigenvalue weighted by Crippen LogP contribution is 2.27. The number of nitrogens with one attached hydrogen (secondary N) is 2. The number of methoxy groups -OCH3 is 1. The Labute approximate surface area is 187 Å². The summed E-state index contributed by atoms with van der Waals surface area (Å²) in [5, 5.41) is 14.9. The number of ether oxygens (including phenoxy) is 1. The maximum atomic E-state index is 10.6. The number of fused-ring (bicyclic) bond motifs is 1. The monoisotopic (exact) mass is 431 g/mol. The molecule has 4 rings (SSSR count). The summed E-state index contributed by atoms with van der Waals surface area (Å²) in [6, 6.07) is 15.6. The van der Waals surface area contributed by atoms with E-state index in [0.29, 0.717) is 11.9 Å². The zero-order chi connectivity index (χ0) is 22.3. The molecule has 3 aromatic heterocycles. The Hall–Kier alpha value is -3.29. The highest BCUT2D eigenvalue weighted by Gasteiger charge is 2.13. The standard InChI is InChI=1S/C25H29N5O2/c1-17(11-14-32-2)6-9-24(31)23-16-18-15-19(7-8-20(18)29-23)28-25-27-13-10-22(30-25)21-5-3-4-12-26-21/h3-5,7-8,10,12-13,15-17,24,29,31H,6,9,11,14H2,1-2H3,(H,27,28,30). The molecule has 7 nitrogen and oxygen atoms in total. The van der Waals surface area contributed by atoms with Crippen LogP contribution < -0.4 is 5.32 Å². The van der Waals surface area contributed by atoms with Crippen LogP contribution in [-0.4, -0.2) is 38.8 Å². The molecule has 0 aliphatic heterocycles. The molecule has 3 N–H and O–H groups in total. The third-order valence-corrected chi connectivity index (χ3v) is 5.59. The molecule has 0 saturated heterocycles. The molecule has 0 radical (unpaired) electrons. The van der Waals surface area contributed by atoms with Crippen LogP contribution >= 0.6 is 0 Å². The van der Waals surface area contributed by atoms with Crippen LogP contribution in [0.2, 0.25) is 0 Å². The predicted octanol–water partition coefficient (Wildman–Crippen LogP) is 5.25. The summed E-state index contributed by atoms with van der Waals surface area (Å²) in [4.78, 5) is 16.6. The maximum absolute atomic E-state index is 10.6. The van der Waals surface area contributed by atoms with Gasteiger partial charge < -0.3 is 20.1 Å². The number of benzene rings is 1. The van der Waals surface area contributed by atoms with Crippen molar-refractivity contribution in [3.05, 3.63) is 66.6 Å². The van der Waals surface area contributed by atoms with E-state index in [0.717, 1.165) is 59.5 Å². The number of aliphatic hydroxyl groups is 1. The van der Waals surface area contributed by atoms with Gasteiger partial charge in [0, 0.05) is 48.4 Å². The highest BCUT2D eigenvalue weighted by molar-refractivity contribution is 5.84. The largest absolute Gasteiger partial charge is 0.387 e. The Bertz CT molecular complexity index is 1150. The van der Waals surface area contributed by atoms with E-state index in [1.54, 1.807) is 19.5 Å². The molecular weight excluding hydrogens is 402 g/mol. The van der Waals surface area contributed by atoms with Gasteiger partial charge in [-0.15, -0.1) is 0 Å². The van der Waals surface area contributed by atoms with E-state index in [9.17, 15) is 5.11 Å². The number of nitrogens with zero attached hydrogens (tertiary/aromatic N) is 3. The second-order valence-corrected chi connectivity index (χ2v) is 8.11. The first-order valence-electron chi connectivity index (χ1n) is 10.9. The number of anilines is 2. The minimum atomic E-state index is -0.512. The van der Waals surface area contributed by atoms with Crippen LogP contribution in [0.1, 0.15) is 38.0 Å². The van der Waals surface area contributed by atoms with Crippen LogP contribution in [0, 0.1) is 5.92 Å². The second-order valence-electron chi connectivity index (χ2n) is 8.11. The average molecular weight is 432 g/mol. The number of aliphatic hydroxyl groups excluding tert-OH is 1. The van der Waals surface area contributed by atoms with Crippen LogP contribution in [0.4, 0.5) is 11.6 Å². The molecule has 32 heavy (non-hydrogen) atoms. The molecule has 4 aromatic rings. The van der Waals surface area contributed by atoms with Crippen molar-refractivity contribution >= 4 is 22.5 Å². The van der Waals surface area contributed by atoms with Gasteiger partial charge in [-0.2, -0.15) is 0 Å². The summed E-state index contributed by atoms with van der Waals surface area (Å²) in [6.45, 7) is 2.95. The number of pyridine rings is 1. The van der Waals surface area contributed by atoms with Gasteiger partial charge in [0.25, 0.3) is 0 Å². The molecule has 7 heteroatoms. The van der Waals surface area contributed by atoms with Gasteiger partial charge in [-0.05, 0) is 67.6 Å². The van der Waals surface area contributed by atoms with Gasteiger partial charge >= 0.3 is 0 Å². The molecular formula is C25H29N5O2. The number of aromatic amines is 1. The third-order valence-electron chi connectivity index (χ3n) is 5.59. The molecule has 2 unspecified atom stereocenters. The molecule has 0 amide bonds. The van der Waals surface area contributed by atoms with Crippen LogP contribution in [0.3, 0.4) is 0 Å². The van der Waals surface area contributed by atoms with E-state index in [1.165, 1.54) is 0 Å². The van der Waals surface area contributed by atoms with Gasteiger partial charge in [0.2, 0.25) is 5.95 Å². The van der Waals surface area contributed by atoms with E-state index >= 15 is 0 Å². The lowest BCUT2D eigenvalue weighted by Crippen LogP contribution is -2.04. The molecule has 0 fully saturated rings. The summed E-state index contributed by atoms with van der Waals surface area (Å²) >= 11 is 0. The molecule has 166 valence electrons. The Kier molecular flexibility index (Phi) is 7.09. The average Bonchev–Trinajstić information content (AvgIpc) is 3.25. The lowest BCUT2D eigenvalue weighted by molar-refractivity contribution is 0.143. The summed E-state index contributed by atoms with van der Waals surface area (Å²) in [7, 11) is 1.72. The zero-order valence-electron chi connectivity index (χ0n) is 18.5. The summed E-state index contributed by atoms with van der Waals surface area (Å²) in [6.07, 6.45) is 5.64. The second kappa shape index (κ2) is 10.3. The normalized spacial score (nSPS) is 13.2. The number of rotatable bonds is 10. The lowest BCUT2D eigenvalue weighted by atomic mass is 9.99. The number of H-pyrrole nitrogens is 1. The topological polar surface area (TPSA) is 96.0 Å². The summed E-state index contributed by atoms with van der Waals surface area (Å²) in [5.74, 6) is 1.03. The Morgan fingerprint density at radius 2 is 1.91 bits per heavy atom. The van der Waals surface area contributed by atoms with E-state index in [2.05, 4.69) is 32.2 Å². The van der Waals surface area contributed by atoms with Crippen LogP contribution in [0.5, 0.6) is 0 Å². The fraction of sp³-hybridized carbons (Fsp3) is 0.320. The molecule has 3 heterocycles. The van der Waals surface area contributed by atoms with Crippen molar-refractivity contribution in [3.63, 3.8) is 0 Å². The van der Waals surface area contributed by atoms with Crippen molar-refractivity contribution in [2.45, 2.75) is 32.3 Å². The Balaban J connectivity index is 1.44. The van der Waals surface area contributed by atoms with E-state index in [-0.39, 0.29) is 0 Å². The van der Waals surface area contributed by atoms with E-state index < -0.39 is 6.10 Å². The van der Waals surface area contributed by atoms with Crippen molar-refractivity contribution < 1.29 is 9.84 Å². The highest BCUT2D eigenvalue weighted by atomic mass is 16.5. The maximum Gasteiger partial charge on any atom is 0.227 e. The fourth-order valence-corrected chi connectivity index (χ4v) is 3.68. The number of hydrogen-bond donors (Lipinski definition) is 3. The molecule has 0 aliphatic carbocycles. The molecule has 0 spiro atoms. The van der Waals surface area contributed by atoms with Crippen molar-refractivity contribution in [2.24, 2.45) is 5.92 Å². The SMILES string of the molecule is COCCC(C)CCC(O)c1cc2cc(Nc3nccc(-c4ccccn4)n3)ccc2[nH]1. The van der Waals surface area contributed by atoms with Gasteiger partial charge in [-0.3, -0.25) is 4.98 Å². The van der Waals surface area contributed by atoms with Crippen molar-refractivity contribution in [1.29, 1.82) is 0 Å². The molecule has 0 saturated carbocycles. The van der Waals surface area contributed by atoms with E-state index in [1.807, 2.05) is 48.5 Å². The number of hydrogen-bond acceptors (Lipinski definition) is 6. The summed E-state index contributed by atoms with van der Waals surface area (Å²) < 4.78 is 5.14. The van der Waals surface area contributed by atoms with Crippen LogP contribution in [-0.2, 0) is 4.74 Å². The quantitative estimate of drug-likeness (QED) is 0.317. The molecule has 1 aromatic carbocycles. The lowest BCUT2D eigenvalue weighted by Gasteiger charge is -2.13. The Morgan fingerprint density at radius 1 is 1.00 bits per heavy atom. The number of aromatic nitrogens is 4. The molecule has 0 aliphatic rings. The van der Waals surface area contributed by atoms with Gasteiger partial charge in [0.15, 0.2) is 0 Å². The van der Waals surface area contributed by atoms with Crippen LogP contribution in [0.25, 0.3) is 22.3 Å². The van der Waals surface area contributed by atoms with E-state index in [4.69, 9.17) is 4.74 Å². The minimum absolute atomic E-state index is 0.508. The third kappa shape index (κ3) is 5.49. The molecule has 2 atom stereocenters. The smallest absolute Gasteiger partial charge is 0.227 e. The van der Waals surface area contributed by atoms with Gasteiger partial charge in [0.1, 0.15) is 0 Å². The minimum Gasteiger partial charge on any atom is -0.387 e.